The van der Waals surface area contributed by atoms with Gasteiger partial charge in [0.2, 0.25) is 0 Å². The molecule has 78 valence electrons. The van der Waals surface area contributed by atoms with E-state index >= 15 is 0 Å². The summed E-state index contributed by atoms with van der Waals surface area (Å²) >= 11 is 0. The number of allylic oxidation sites excluding steroid dienone is 1. The van der Waals surface area contributed by atoms with Gasteiger partial charge in [-0.1, -0.05) is 6.08 Å². The van der Waals surface area contributed by atoms with E-state index < -0.39 is 17.0 Å². The largest absolute Gasteiger partial charge is 0.459 e. The van der Waals surface area contributed by atoms with E-state index in [-0.39, 0.29) is 0 Å². The van der Waals surface area contributed by atoms with Gasteiger partial charge in [-0.2, -0.15) is 5.26 Å². The van der Waals surface area contributed by atoms with Crippen molar-refractivity contribution < 1.29 is 9.53 Å². The number of carbonyl (C=O) groups is 1. The van der Waals surface area contributed by atoms with Crippen LogP contribution in [-0.2, 0) is 9.53 Å². The molecule has 0 amide bonds. The second kappa shape index (κ2) is 4.28. The van der Waals surface area contributed by atoms with E-state index in [2.05, 4.69) is 6.58 Å². The lowest BCUT2D eigenvalue weighted by molar-refractivity contribution is -0.163. The zero-order chi connectivity index (χ0) is 11.4. The van der Waals surface area contributed by atoms with Crippen molar-refractivity contribution >= 4 is 5.97 Å². The van der Waals surface area contributed by atoms with Crippen LogP contribution in [0.25, 0.3) is 0 Å². The van der Waals surface area contributed by atoms with E-state index in [1.807, 2.05) is 6.07 Å². The maximum Gasteiger partial charge on any atom is 0.327 e. The normalized spacial score (nSPS) is 15.1. The molecule has 0 aromatic carbocycles. The Morgan fingerprint density at radius 3 is 2.29 bits per heavy atom. The summed E-state index contributed by atoms with van der Waals surface area (Å²) in [5, 5.41) is 8.89. The van der Waals surface area contributed by atoms with Crippen LogP contribution in [0.1, 0.15) is 34.1 Å². The van der Waals surface area contributed by atoms with Crippen molar-refractivity contribution in [3.8, 4) is 6.07 Å². The van der Waals surface area contributed by atoms with Gasteiger partial charge >= 0.3 is 5.97 Å². The molecule has 0 radical (unpaired) electrons. The smallest absolute Gasteiger partial charge is 0.327 e. The van der Waals surface area contributed by atoms with Gasteiger partial charge in [0.15, 0.2) is 5.41 Å². The molecule has 0 spiro atoms. The molecule has 0 saturated carbocycles. The van der Waals surface area contributed by atoms with Crippen LogP contribution in [0.3, 0.4) is 0 Å². The number of hydrogen-bond acceptors (Lipinski definition) is 3. The molecule has 0 N–H and O–H groups in total. The Hall–Kier alpha value is -1.30. The minimum Gasteiger partial charge on any atom is -0.459 e. The van der Waals surface area contributed by atoms with Crippen LogP contribution in [0.2, 0.25) is 0 Å². The maximum atomic E-state index is 11.6. The zero-order valence-electron chi connectivity index (χ0n) is 9.26. The number of nitriles is 1. The zero-order valence-corrected chi connectivity index (χ0v) is 9.26. The highest BCUT2D eigenvalue weighted by molar-refractivity contribution is 5.80. The highest BCUT2D eigenvalue weighted by atomic mass is 16.6. The molecule has 3 nitrogen and oxygen atoms in total. The van der Waals surface area contributed by atoms with Crippen LogP contribution in [0.4, 0.5) is 0 Å². The van der Waals surface area contributed by atoms with Gasteiger partial charge in [-0.25, -0.2) is 0 Å². The lowest BCUT2D eigenvalue weighted by atomic mass is 9.88. The second-order valence-electron chi connectivity index (χ2n) is 4.44. The SMILES string of the molecule is C=CCC(C)(C#N)C(=O)OC(C)(C)C. The fourth-order valence-electron chi connectivity index (χ4n) is 0.854. The average molecular weight is 195 g/mol. The quantitative estimate of drug-likeness (QED) is 0.513. The van der Waals surface area contributed by atoms with Crippen molar-refractivity contribution in [2.45, 2.75) is 39.7 Å². The van der Waals surface area contributed by atoms with Crippen molar-refractivity contribution in [3.05, 3.63) is 12.7 Å². The van der Waals surface area contributed by atoms with Gasteiger partial charge in [-0.15, -0.1) is 6.58 Å². The molecule has 0 saturated heterocycles. The predicted molar refractivity (Wildman–Crippen MR) is 54.4 cm³/mol. The lowest BCUT2D eigenvalue weighted by Gasteiger charge is -2.25. The molecular weight excluding hydrogens is 178 g/mol. The lowest BCUT2D eigenvalue weighted by Crippen LogP contribution is -2.34. The van der Waals surface area contributed by atoms with Gasteiger partial charge in [0, 0.05) is 0 Å². The van der Waals surface area contributed by atoms with Gasteiger partial charge < -0.3 is 4.74 Å². The highest BCUT2D eigenvalue weighted by Gasteiger charge is 2.36. The molecule has 0 aliphatic rings. The molecule has 0 aromatic heterocycles. The van der Waals surface area contributed by atoms with E-state index in [4.69, 9.17) is 10.00 Å². The average Bonchev–Trinajstić information content (AvgIpc) is 2.01. The first-order valence-electron chi connectivity index (χ1n) is 4.51. The molecule has 0 aliphatic heterocycles. The fourth-order valence-corrected chi connectivity index (χ4v) is 0.854. The van der Waals surface area contributed by atoms with Crippen LogP contribution in [0.15, 0.2) is 12.7 Å². The van der Waals surface area contributed by atoms with Crippen molar-refractivity contribution in [1.29, 1.82) is 5.26 Å². The Morgan fingerprint density at radius 1 is 1.50 bits per heavy atom. The van der Waals surface area contributed by atoms with Crippen LogP contribution in [-0.4, -0.2) is 11.6 Å². The minimum absolute atomic E-state index is 0.304. The van der Waals surface area contributed by atoms with Crippen molar-refractivity contribution in [3.63, 3.8) is 0 Å². The van der Waals surface area contributed by atoms with Crippen LogP contribution >= 0.6 is 0 Å². The highest BCUT2D eigenvalue weighted by Crippen LogP contribution is 2.25. The number of nitrogens with zero attached hydrogens (tertiary/aromatic N) is 1. The molecule has 0 aromatic rings. The second-order valence-corrected chi connectivity index (χ2v) is 4.44. The summed E-state index contributed by atoms with van der Waals surface area (Å²) in [6.45, 7) is 10.4. The van der Waals surface area contributed by atoms with E-state index in [9.17, 15) is 4.79 Å². The Bertz CT molecular complexity index is 270. The van der Waals surface area contributed by atoms with E-state index in [0.717, 1.165) is 0 Å². The molecule has 0 fully saturated rings. The number of ether oxygens (including phenoxy) is 1. The summed E-state index contributed by atoms with van der Waals surface area (Å²) in [6.07, 6.45) is 1.85. The first kappa shape index (κ1) is 12.7. The van der Waals surface area contributed by atoms with E-state index in [1.54, 1.807) is 33.8 Å². The van der Waals surface area contributed by atoms with Crippen LogP contribution < -0.4 is 0 Å². The summed E-state index contributed by atoms with van der Waals surface area (Å²) in [5.74, 6) is -0.493. The molecule has 1 unspecified atom stereocenters. The molecule has 1 atom stereocenters. The van der Waals surface area contributed by atoms with Gasteiger partial charge in [0.1, 0.15) is 5.60 Å². The Labute approximate surface area is 85.4 Å². The summed E-state index contributed by atoms with van der Waals surface area (Å²) in [6, 6.07) is 1.96. The molecule has 0 bridgehead atoms. The monoisotopic (exact) mass is 195 g/mol. The van der Waals surface area contributed by atoms with Crippen molar-refractivity contribution in [2.24, 2.45) is 5.41 Å². The third-order valence-electron chi connectivity index (χ3n) is 1.65. The third kappa shape index (κ3) is 3.61. The van der Waals surface area contributed by atoms with E-state index in [1.165, 1.54) is 0 Å². The van der Waals surface area contributed by atoms with Crippen molar-refractivity contribution in [1.82, 2.24) is 0 Å². The molecular formula is C11H17NO2. The van der Waals surface area contributed by atoms with Gasteiger partial charge in [-0.05, 0) is 34.1 Å². The Morgan fingerprint density at radius 2 is 2.00 bits per heavy atom. The third-order valence-corrected chi connectivity index (χ3v) is 1.65. The maximum absolute atomic E-state index is 11.6. The molecule has 0 heterocycles. The number of esters is 1. The van der Waals surface area contributed by atoms with Crippen LogP contribution in [0.5, 0.6) is 0 Å². The molecule has 0 aliphatic carbocycles. The molecule has 14 heavy (non-hydrogen) atoms. The summed E-state index contributed by atoms with van der Waals surface area (Å²) in [5.41, 5.74) is -1.68. The topological polar surface area (TPSA) is 50.1 Å². The Kier molecular flexibility index (Phi) is 3.88. The van der Waals surface area contributed by atoms with E-state index in [0.29, 0.717) is 6.42 Å². The van der Waals surface area contributed by atoms with Crippen molar-refractivity contribution in [2.75, 3.05) is 0 Å². The Balaban J connectivity index is 4.65. The molecule has 3 heteroatoms. The predicted octanol–water partition coefficient (Wildman–Crippen LogP) is 2.43. The van der Waals surface area contributed by atoms with Gasteiger partial charge in [0.25, 0.3) is 0 Å². The number of carbonyl (C=O) groups excluding carboxylic acids is 1. The summed E-state index contributed by atoms with van der Waals surface area (Å²) in [4.78, 5) is 11.6. The summed E-state index contributed by atoms with van der Waals surface area (Å²) in [7, 11) is 0. The summed E-state index contributed by atoms with van der Waals surface area (Å²) < 4.78 is 5.14. The standard InChI is InChI=1S/C11H17NO2/c1-6-7-11(5,8-12)9(13)14-10(2,3)4/h6H,1,7H2,2-5H3. The van der Waals surface area contributed by atoms with Gasteiger partial charge in [0.05, 0.1) is 6.07 Å². The molecule has 0 rings (SSSR count). The van der Waals surface area contributed by atoms with Gasteiger partial charge in [-0.3, -0.25) is 4.79 Å². The van der Waals surface area contributed by atoms with Crippen LogP contribution in [0, 0.1) is 16.7 Å². The number of rotatable bonds is 3. The minimum atomic E-state index is -1.12. The fraction of sp³-hybridized carbons (Fsp3) is 0.636. The first-order valence-corrected chi connectivity index (χ1v) is 4.51. The number of hydrogen-bond donors (Lipinski definition) is 0. The first-order chi connectivity index (χ1) is 6.25.